The molecule has 0 aliphatic rings. The highest BCUT2D eigenvalue weighted by molar-refractivity contribution is 7.21. The number of amides is 3. The monoisotopic (exact) mass is 312 g/mol. The molecule has 0 fully saturated rings. The summed E-state index contributed by atoms with van der Waals surface area (Å²) in [6.07, 6.45) is 0. The molecule has 1 aromatic heterocycles. The first-order valence-electron chi connectivity index (χ1n) is 5.78. The third-order valence-corrected chi connectivity index (χ3v) is 4.10. The summed E-state index contributed by atoms with van der Waals surface area (Å²) in [7, 11) is 0. The molecule has 0 unspecified atom stereocenters. The van der Waals surface area contributed by atoms with E-state index in [2.05, 4.69) is 10.6 Å². The molecule has 3 amide bonds. The number of primary amides is 1. The fourth-order valence-electron chi connectivity index (χ4n) is 1.74. The second-order valence-corrected chi connectivity index (χ2v) is 5.46. The Morgan fingerprint density at radius 2 is 1.95 bits per heavy atom. The van der Waals surface area contributed by atoms with Crippen molar-refractivity contribution in [2.75, 3.05) is 18.8 Å². The summed E-state index contributed by atoms with van der Waals surface area (Å²) < 4.78 is 0.857. The lowest BCUT2D eigenvalue weighted by molar-refractivity contribution is 0.0959. The largest absolute Gasteiger partial charge is 0.397 e. The zero-order valence-electron chi connectivity index (χ0n) is 10.4. The van der Waals surface area contributed by atoms with Gasteiger partial charge in [-0.05, 0) is 12.1 Å². The number of anilines is 1. The van der Waals surface area contributed by atoms with E-state index in [0.29, 0.717) is 21.0 Å². The van der Waals surface area contributed by atoms with Crippen LogP contribution in [0.15, 0.2) is 18.2 Å². The Morgan fingerprint density at radius 3 is 2.60 bits per heavy atom. The van der Waals surface area contributed by atoms with E-state index in [4.69, 9.17) is 23.1 Å². The third-order valence-electron chi connectivity index (χ3n) is 2.62. The fraction of sp³-hybridized carbons (Fsp3) is 0.167. The zero-order valence-corrected chi connectivity index (χ0v) is 12.0. The number of benzene rings is 1. The van der Waals surface area contributed by atoms with Crippen LogP contribution in [-0.2, 0) is 0 Å². The summed E-state index contributed by atoms with van der Waals surface area (Å²) in [6, 6.07) is 4.76. The van der Waals surface area contributed by atoms with E-state index in [1.54, 1.807) is 12.1 Å². The van der Waals surface area contributed by atoms with Gasteiger partial charge in [0.15, 0.2) is 0 Å². The Labute approximate surface area is 124 Å². The molecule has 0 radical (unpaired) electrons. The minimum absolute atomic E-state index is 0.257. The van der Waals surface area contributed by atoms with Gasteiger partial charge in [0.2, 0.25) is 0 Å². The second-order valence-electron chi connectivity index (χ2n) is 4.00. The van der Waals surface area contributed by atoms with E-state index in [1.807, 2.05) is 6.07 Å². The zero-order chi connectivity index (χ0) is 14.7. The molecule has 0 atom stereocenters. The molecule has 0 bridgehead atoms. The van der Waals surface area contributed by atoms with Gasteiger partial charge < -0.3 is 22.1 Å². The Hall–Kier alpha value is -1.99. The standard InChI is InChI=1S/C12H13ClN4O2S/c13-6-2-1-3-7-8(6)9(14)10(20-7)11(18)16-4-5-17-12(15)19/h1-3H,4-5,14H2,(H,16,18)(H3,15,17,19). The summed E-state index contributed by atoms with van der Waals surface area (Å²) in [6.45, 7) is 0.524. The van der Waals surface area contributed by atoms with Crippen molar-refractivity contribution in [3.8, 4) is 0 Å². The molecular formula is C12H13ClN4O2S. The van der Waals surface area contributed by atoms with Crippen LogP contribution in [0.2, 0.25) is 5.02 Å². The van der Waals surface area contributed by atoms with Gasteiger partial charge in [-0.3, -0.25) is 4.79 Å². The van der Waals surface area contributed by atoms with Crippen LogP contribution in [0.4, 0.5) is 10.5 Å². The van der Waals surface area contributed by atoms with Crippen molar-refractivity contribution in [2.24, 2.45) is 5.73 Å². The minimum Gasteiger partial charge on any atom is -0.397 e. The molecule has 1 aromatic carbocycles. The molecule has 0 saturated heterocycles. The van der Waals surface area contributed by atoms with Gasteiger partial charge in [-0.15, -0.1) is 11.3 Å². The number of halogens is 1. The number of thiophene rings is 1. The second kappa shape index (κ2) is 5.98. The van der Waals surface area contributed by atoms with E-state index >= 15 is 0 Å². The maximum Gasteiger partial charge on any atom is 0.312 e. The van der Waals surface area contributed by atoms with Gasteiger partial charge in [-0.2, -0.15) is 0 Å². The lowest BCUT2D eigenvalue weighted by Gasteiger charge is -2.04. The number of fused-ring (bicyclic) bond motifs is 1. The Bertz CT molecular complexity index is 671. The molecule has 106 valence electrons. The topological polar surface area (TPSA) is 110 Å². The van der Waals surface area contributed by atoms with Crippen molar-refractivity contribution in [2.45, 2.75) is 0 Å². The molecule has 0 aliphatic heterocycles. The predicted octanol–water partition coefficient (Wildman–Crippen LogP) is 1.53. The number of carbonyl (C=O) groups is 2. The van der Waals surface area contributed by atoms with Gasteiger partial charge in [-0.25, -0.2) is 4.79 Å². The average molecular weight is 313 g/mol. The molecule has 20 heavy (non-hydrogen) atoms. The number of rotatable bonds is 4. The van der Waals surface area contributed by atoms with Crippen LogP contribution in [0.5, 0.6) is 0 Å². The number of nitrogens with two attached hydrogens (primary N) is 2. The van der Waals surface area contributed by atoms with Crippen molar-refractivity contribution < 1.29 is 9.59 Å². The predicted molar refractivity (Wildman–Crippen MR) is 81.2 cm³/mol. The van der Waals surface area contributed by atoms with Gasteiger partial charge in [0, 0.05) is 23.2 Å². The molecule has 1 heterocycles. The van der Waals surface area contributed by atoms with Gasteiger partial charge in [-0.1, -0.05) is 17.7 Å². The summed E-state index contributed by atoms with van der Waals surface area (Å²) in [5.74, 6) is -0.300. The summed E-state index contributed by atoms with van der Waals surface area (Å²) in [5.41, 5.74) is 11.3. The van der Waals surface area contributed by atoms with Gasteiger partial charge in [0.05, 0.1) is 10.7 Å². The van der Waals surface area contributed by atoms with Crippen molar-refractivity contribution in [1.29, 1.82) is 0 Å². The maximum absolute atomic E-state index is 12.0. The van der Waals surface area contributed by atoms with Crippen molar-refractivity contribution in [1.82, 2.24) is 10.6 Å². The first-order chi connectivity index (χ1) is 9.50. The molecule has 0 aliphatic carbocycles. The van der Waals surface area contributed by atoms with Crippen LogP contribution in [0.3, 0.4) is 0 Å². The van der Waals surface area contributed by atoms with E-state index in [0.717, 1.165) is 4.70 Å². The normalized spacial score (nSPS) is 10.4. The molecule has 6 N–H and O–H groups in total. The number of hydrogen-bond donors (Lipinski definition) is 4. The highest BCUT2D eigenvalue weighted by Crippen LogP contribution is 2.37. The first kappa shape index (κ1) is 14.4. The summed E-state index contributed by atoms with van der Waals surface area (Å²) in [5, 5.41) is 6.24. The summed E-state index contributed by atoms with van der Waals surface area (Å²) >= 11 is 7.35. The highest BCUT2D eigenvalue weighted by Gasteiger charge is 2.17. The van der Waals surface area contributed by atoms with Gasteiger partial charge in [0.1, 0.15) is 4.88 Å². The van der Waals surface area contributed by atoms with Crippen LogP contribution >= 0.6 is 22.9 Å². The number of urea groups is 1. The van der Waals surface area contributed by atoms with E-state index in [-0.39, 0.29) is 19.0 Å². The van der Waals surface area contributed by atoms with Crippen molar-refractivity contribution >= 4 is 50.6 Å². The molecule has 8 heteroatoms. The van der Waals surface area contributed by atoms with Crippen molar-refractivity contribution in [3.63, 3.8) is 0 Å². The van der Waals surface area contributed by atoms with Crippen LogP contribution in [0, 0.1) is 0 Å². The highest BCUT2D eigenvalue weighted by atomic mass is 35.5. The Morgan fingerprint density at radius 1 is 1.25 bits per heavy atom. The number of nitrogens with one attached hydrogen (secondary N) is 2. The van der Waals surface area contributed by atoms with Crippen LogP contribution in [0.25, 0.3) is 10.1 Å². The summed E-state index contributed by atoms with van der Waals surface area (Å²) in [4.78, 5) is 22.9. The minimum atomic E-state index is -0.632. The lowest BCUT2D eigenvalue weighted by Crippen LogP contribution is -2.37. The molecule has 2 rings (SSSR count). The van der Waals surface area contributed by atoms with E-state index < -0.39 is 6.03 Å². The lowest BCUT2D eigenvalue weighted by atomic mass is 10.2. The van der Waals surface area contributed by atoms with Crippen LogP contribution in [-0.4, -0.2) is 25.0 Å². The van der Waals surface area contributed by atoms with Crippen molar-refractivity contribution in [3.05, 3.63) is 28.1 Å². The Kier molecular flexibility index (Phi) is 4.31. The molecular weight excluding hydrogens is 300 g/mol. The van der Waals surface area contributed by atoms with Gasteiger partial charge in [0.25, 0.3) is 5.91 Å². The van der Waals surface area contributed by atoms with Crippen LogP contribution in [0.1, 0.15) is 9.67 Å². The third kappa shape index (κ3) is 2.94. The number of carbonyl (C=O) groups excluding carboxylic acids is 2. The first-order valence-corrected chi connectivity index (χ1v) is 6.98. The molecule has 0 saturated carbocycles. The smallest absolute Gasteiger partial charge is 0.312 e. The average Bonchev–Trinajstić information content (AvgIpc) is 2.73. The molecule has 6 nitrogen and oxygen atoms in total. The Balaban J connectivity index is 2.13. The van der Waals surface area contributed by atoms with Gasteiger partial charge >= 0.3 is 6.03 Å². The molecule has 0 spiro atoms. The number of hydrogen-bond acceptors (Lipinski definition) is 4. The quantitative estimate of drug-likeness (QED) is 0.642. The molecule has 2 aromatic rings. The maximum atomic E-state index is 12.0. The SMILES string of the molecule is NC(=O)NCCNC(=O)c1sc2cccc(Cl)c2c1N. The number of nitrogen functional groups attached to an aromatic ring is 1. The van der Waals surface area contributed by atoms with Crippen LogP contribution < -0.4 is 22.1 Å². The van der Waals surface area contributed by atoms with E-state index in [9.17, 15) is 9.59 Å². The van der Waals surface area contributed by atoms with E-state index in [1.165, 1.54) is 11.3 Å². The fourth-order valence-corrected chi connectivity index (χ4v) is 3.14.